The fourth-order valence-corrected chi connectivity index (χ4v) is 1.86. The van der Waals surface area contributed by atoms with Crippen LogP contribution in [-0.4, -0.2) is 47.0 Å². The van der Waals surface area contributed by atoms with Gasteiger partial charge in [0.2, 0.25) is 0 Å². The lowest BCUT2D eigenvalue weighted by Crippen LogP contribution is -2.43. The first kappa shape index (κ1) is 16.1. The number of carbonyl (C=O) groups excluding carboxylic acids is 1. The second kappa shape index (κ2) is 6.98. The van der Waals surface area contributed by atoms with Gasteiger partial charge in [-0.25, -0.2) is 4.79 Å². The number of urea groups is 1. The normalized spacial score (nSPS) is 12.0. The molecule has 1 unspecified atom stereocenters. The molecule has 6 nitrogen and oxygen atoms in total. The summed E-state index contributed by atoms with van der Waals surface area (Å²) >= 11 is 0. The Morgan fingerprint density at radius 3 is 2.50 bits per heavy atom. The first-order valence-corrected chi connectivity index (χ1v) is 6.63. The zero-order valence-electron chi connectivity index (χ0n) is 12.4. The summed E-state index contributed by atoms with van der Waals surface area (Å²) in [7, 11) is 1.67. The highest BCUT2D eigenvalue weighted by Crippen LogP contribution is 2.11. The molecule has 0 aromatic carbocycles. The van der Waals surface area contributed by atoms with E-state index in [2.05, 4.69) is 0 Å². The summed E-state index contributed by atoms with van der Waals surface area (Å²) in [5.74, 6) is 0.0205. The van der Waals surface area contributed by atoms with Crippen LogP contribution in [0.3, 0.4) is 0 Å². The van der Waals surface area contributed by atoms with Crippen LogP contribution in [0, 0.1) is 12.8 Å². The highest BCUT2D eigenvalue weighted by molar-refractivity contribution is 5.75. The van der Waals surface area contributed by atoms with Gasteiger partial charge >= 0.3 is 12.0 Å². The lowest BCUT2D eigenvalue weighted by Gasteiger charge is -2.28. The van der Waals surface area contributed by atoms with Gasteiger partial charge in [0.05, 0.1) is 12.5 Å². The lowest BCUT2D eigenvalue weighted by molar-refractivity contribution is -0.141. The Hall–Kier alpha value is -1.98. The van der Waals surface area contributed by atoms with E-state index < -0.39 is 11.9 Å². The zero-order valence-corrected chi connectivity index (χ0v) is 12.4. The van der Waals surface area contributed by atoms with Gasteiger partial charge in [0.25, 0.3) is 0 Å². The van der Waals surface area contributed by atoms with E-state index >= 15 is 0 Å². The standard InChI is InChI=1S/C14H22N2O4/c1-5-16(8-10(2)13(17)18)14(19)15(4)9-12-7-6-11(3)20-12/h6-7,10H,5,8-9H2,1-4H3,(H,17,18). The summed E-state index contributed by atoms with van der Waals surface area (Å²) in [4.78, 5) is 26.2. The van der Waals surface area contributed by atoms with E-state index in [-0.39, 0.29) is 12.6 Å². The Balaban J connectivity index is 2.63. The highest BCUT2D eigenvalue weighted by Gasteiger charge is 2.22. The second-order valence-corrected chi connectivity index (χ2v) is 4.93. The fourth-order valence-electron chi connectivity index (χ4n) is 1.86. The number of nitrogens with zero attached hydrogens (tertiary/aromatic N) is 2. The molecule has 0 aliphatic carbocycles. The van der Waals surface area contributed by atoms with E-state index in [9.17, 15) is 9.59 Å². The highest BCUT2D eigenvalue weighted by atomic mass is 16.4. The van der Waals surface area contributed by atoms with Crippen LogP contribution in [0.15, 0.2) is 16.5 Å². The minimum Gasteiger partial charge on any atom is -0.481 e. The monoisotopic (exact) mass is 282 g/mol. The number of furan rings is 1. The molecule has 2 amide bonds. The molecular formula is C14H22N2O4. The summed E-state index contributed by atoms with van der Waals surface area (Å²) < 4.78 is 5.43. The quantitative estimate of drug-likeness (QED) is 0.868. The molecule has 0 aliphatic heterocycles. The van der Waals surface area contributed by atoms with Crippen molar-refractivity contribution in [3.63, 3.8) is 0 Å². The number of amides is 2. The number of hydrogen-bond acceptors (Lipinski definition) is 3. The van der Waals surface area contributed by atoms with Crippen molar-refractivity contribution in [1.82, 2.24) is 9.80 Å². The average molecular weight is 282 g/mol. The molecule has 0 saturated carbocycles. The summed E-state index contributed by atoms with van der Waals surface area (Å²) in [6.45, 7) is 6.30. The molecule has 0 spiro atoms. The van der Waals surface area contributed by atoms with Crippen molar-refractivity contribution in [3.8, 4) is 0 Å². The average Bonchev–Trinajstić information content (AvgIpc) is 2.79. The van der Waals surface area contributed by atoms with Crippen molar-refractivity contribution in [2.45, 2.75) is 27.3 Å². The van der Waals surface area contributed by atoms with Crippen LogP contribution in [-0.2, 0) is 11.3 Å². The number of carbonyl (C=O) groups is 2. The summed E-state index contributed by atoms with van der Waals surface area (Å²) in [5.41, 5.74) is 0. The molecule has 1 atom stereocenters. The molecule has 20 heavy (non-hydrogen) atoms. The van der Waals surface area contributed by atoms with Gasteiger partial charge in [-0.3, -0.25) is 4.79 Å². The number of carboxylic acids is 1. The zero-order chi connectivity index (χ0) is 15.3. The van der Waals surface area contributed by atoms with Gasteiger partial charge in [-0.1, -0.05) is 6.92 Å². The number of hydrogen-bond donors (Lipinski definition) is 1. The first-order chi connectivity index (χ1) is 9.35. The number of rotatable bonds is 6. The molecule has 112 valence electrons. The van der Waals surface area contributed by atoms with Gasteiger partial charge in [-0.15, -0.1) is 0 Å². The van der Waals surface area contributed by atoms with E-state index in [0.29, 0.717) is 18.8 Å². The number of aliphatic carboxylic acids is 1. The SMILES string of the molecule is CCN(CC(C)C(=O)O)C(=O)N(C)Cc1ccc(C)o1. The smallest absolute Gasteiger partial charge is 0.320 e. The predicted octanol–water partition coefficient (Wildman–Crippen LogP) is 2.18. The molecule has 0 bridgehead atoms. The van der Waals surface area contributed by atoms with E-state index in [1.165, 1.54) is 9.80 Å². The molecule has 0 fully saturated rings. The minimum atomic E-state index is -0.902. The van der Waals surface area contributed by atoms with Crippen LogP contribution in [0.25, 0.3) is 0 Å². The van der Waals surface area contributed by atoms with Gasteiger partial charge in [-0.2, -0.15) is 0 Å². The lowest BCUT2D eigenvalue weighted by atomic mass is 10.2. The molecule has 1 N–H and O–H groups in total. The largest absolute Gasteiger partial charge is 0.481 e. The Morgan fingerprint density at radius 2 is 2.05 bits per heavy atom. The topological polar surface area (TPSA) is 74.0 Å². The Labute approximate surface area is 119 Å². The Kier molecular flexibility index (Phi) is 5.61. The third-order valence-electron chi connectivity index (χ3n) is 3.08. The molecule has 0 aliphatic rings. The predicted molar refractivity (Wildman–Crippen MR) is 74.4 cm³/mol. The van der Waals surface area contributed by atoms with Crippen molar-refractivity contribution in [1.29, 1.82) is 0 Å². The van der Waals surface area contributed by atoms with Gasteiger partial charge in [-0.05, 0) is 26.0 Å². The summed E-state index contributed by atoms with van der Waals surface area (Å²) in [6.07, 6.45) is 0. The fraction of sp³-hybridized carbons (Fsp3) is 0.571. The molecule has 1 rings (SSSR count). The molecular weight excluding hydrogens is 260 g/mol. The van der Waals surface area contributed by atoms with Crippen LogP contribution in [0.1, 0.15) is 25.4 Å². The van der Waals surface area contributed by atoms with Crippen molar-refractivity contribution < 1.29 is 19.1 Å². The van der Waals surface area contributed by atoms with E-state index in [1.54, 1.807) is 14.0 Å². The van der Waals surface area contributed by atoms with Crippen LogP contribution in [0.4, 0.5) is 4.79 Å². The van der Waals surface area contributed by atoms with Crippen LogP contribution in [0.2, 0.25) is 0 Å². The van der Waals surface area contributed by atoms with Gasteiger partial charge in [0, 0.05) is 20.1 Å². The molecule has 1 heterocycles. The molecule has 0 radical (unpaired) electrons. The maximum absolute atomic E-state index is 12.3. The third-order valence-corrected chi connectivity index (χ3v) is 3.08. The maximum atomic E-state index is 12.3. The van der Waals surface area contributed by atoms with E-state index in [0.717, 1.165) is 5.76 Å². The van der Waals surface area contributed by atoms with Gasteiger partial charge < -0.3 is 19.3 Å². The molecule has 1 aromatic heterocycles. The molecule has 1 aromatic rings. The first-order valence-electron chi connectivity index (χ1n) is 6.63. The third kappa shape index (κ3) is 4.29. The van der Waals surface area contributed by atoms with Crippen LogP contribution >= 0.6 is 0 Å². The maximum Gasteiger partial charge on any atom is 0.320 e. The van der Waals surface area contributed by atoms with Crippen molar-refractivity contribution in [3.05, 3.63) is 23.7 Å². The number of carboxylic acid groups (broad SMARTS) is 1. The van der Waals surface area contributed by atoms with Crippen molar-refractivity contribution in [2.75, 3.05) is 20.1 Å². The van der Waals surface area contributed by atoms with Gasteiger partial charge in [0.1, 0.15) is 11.5 Å². The van der Waals surface area contributed by atoms with Crippen molar-refractivity contribution in [2.24, 2.45) is 5.92 Å². The van der Waals surface area contributed by atoms with Crippen molar-refractivity contribution >= 4 is 12.0 Å². The number of aryl methyl sites for hydroxylation is 1. The van der Waals surface area contributed by atoms with E-state index in [4.69, 9.17) is 9.52 Å². The Bertz CT molecular complexity index is 469. The molecule has 6 heteroatoms. The van der Waals surface area contributed by atoms with E-state index in [1.807, 2.05) is 26.0 Å². The molecule has 0 saturated heterocycles. The second-order valence-electron chi connectivity index (χ2n) is 4.93. The Morgan fingerprint density at radius 1 is 1.40 bits per heavy atom. The van der Waals surface area contributed by atoms with Gasteiger partial charge in [0.15, 0.2) is 0 Å². The van der Waals surface area contributed by atoms with Crippen LogP contribution in [0.5, 0.6) is 0 Å². The van der Waals surface area contributed by atoms with Crippen LogP contribution < -0.4 is 0 Å². The summed E-state index contributed by atoms with van der Waals surface area (Å²) in [5, 5.41) is 8.92. The summed E-state index contributed by atoms with van der Waals surface area (Å²) in [6, 6.07) is 3.47. The minimum absolute atomic E-state index is 0.199.